The summed E-state index contributed by atoms with van der Waals surface area (Å²) in [7, 11) is 0. The molecule has 2 aromatic carbocycles. The van der Waals surface area contributed by atoms with Crippen molar-refractivity contribution in [2.45, 2.75) is 54.3 Å². The molecule has 4 unspecified atom stereocenters. The average Bonchev–Trinajstić information content (AvgIpc) is 2.90. The fourth-order valence-corrected chi connectivity index (χ4v) is 4.23. The number of carbonyl (C=O) groups is 1. The van der Waals surface area contributed by atoms with Gasteiger partial charge in [-0.2, -0.15) is 0 Å². The molecule has 4 rings (SSSR count). The van der Waals surface area contributed by atoms with Gasteiger partial charge in [0.05, 0.1) is 19.5 Å². The summed E-state index contributed by atoms with van der Waals surface area (Å²) in [5.74, 6) is 0. The van der Waals surface area contributed by atoms with E-state index in [9.17, 15) is 4.79 Å². The molecule has 37 heavy (non-hydrogen) atoms. The number of alkyl halides is 3. The molecule has 2 heterocycles. The third-order valence-corrected chi connectivity index (χ3v) is 6.02. The first-order chi connectivity index (χ1) is 17.8. The highest BCUT2D eigenvalue weighted by Gasteiger charge is 2.52. The van der Waals surface area contributed by atoms with Gasteiger partial charge < -0.3 is 33.7 Å². The largest absolute Gasteiger partial charge is 0.471 e. The first-order valence-electron chi connectivity index (χ1n) is 11.7. The molecule has 2 saturated heterocycles. The van der Waals surface area contributed by atoms with E-state index >= 15 is 0 Å². The lowest BCUT2D eigenvalue weighted by atomic mass is 9.95. The van der Waals surface area contributed by atoms with Gasteiger partial charge in [0, 0.05) is 5.56 Å². The minimum atomic E-state index is -1.76. The van der Waals surface area contributed by atoms with Gasteiger partial charge >= 0.3 is 6.09 Å². The summed E-state index contributed by atoms with van der Waals surface area (Å²) in [5.41, 5.74) is 1.79. The van der Waals surface area contributed by atoms with Crippen molar-refractivity contribution in [3.63, 3.8) is 0 Å². The van der Waals surface area contributed by atoms with Gasteiger partial charge in [-0.25, -0.2) is 4.79 Å². The normalized spacial score (nSPS) is 27.9. The molecule has 200 valence electrons. The number of alkyl carbamates (subject to hydrolysis) is 1. The molecular weight excluding hydrogens is 545 g/mol. The van der Waals surface area contributed by atoms with E-state index in [-0.39, 0.29) is 13.2 Å². The predicted octanol–water partition coefficient (Wildman–Crippen LogP) is 5.43. The van der Waals surface area contributed by atoms with Crippen LogP contribution in [0, 0.1) is 0 Å². The van der Waals surface area contributed by atoms with E-state index in [2.05, 4.69) is 5.32 Å². The zero-order chi connectivity index (χ0) is 26.3. The Morgan fingerprint density at radius 2 is 1.78 bits per heavy atom. The third kappa shape index (κ3) is 7.97. The van der Waals surface area contributed by atoms with Crippen LogP contribution in [0.25, 0.3) is 0 Å². The van der Waals surface area contributed by atoms with Crippen LogP contribution in [-0.2, 0) is 35.0 Å². The highest BCUT2D eigenvalue weighted by Crippen LogP contribution is 2.36. The van der Waals surface area contributed by atoms with Crippen molar-refractivity contribution in [2.24, 2.45) is 0 Å². The molecule has 0 radical (unpaired) electrons. The molecule has 1 N–H and O–H groups in total. The minimum absolute atomic E-state index is 0.232. The Labute approximate surface area is 230 Å². The maximum absolute atomic E-state index is 12.7. The molecule has 0 saturated carbocycles. The number of amides is 1. The first kappa shape index (κ1) is 28.0. The molecule has 2 aliphatic rings. The maximum Gasteiger partial charge on any atom is 0.407 e. The quantitative estimate of drug-likeness (QED) is 0.334. The molecule has 0 aliphatic carbocycles. The van der Waals surface area contributed by atoms with Crippen molar-refractivity contribution in [3.05, 3.63) is 84.1 Å². The summed E-state index contributed by atoms with van der Waals surface area (Å²) in [6.45, 7) is 1.84. The highest BCUT2D eigenvalue weighted by atomic mass is 35.6. The molecule has 8 nitrogen and oxygen atoms in total. The standard InChI is InChI=1S/C26H28Cl3NO7/c1-2-13-32-24-20(30-25(31)35-16-26(27,28)29)22(33-14-17-9-5-3-6-10-17)21-19(36-24)15-34-23(37-21)18-11-7-4-8-12-18/h2-13,19-24H,14-16H2,1H3,(H,30,31)/b13-2-/t19?,20?,21-,22?,23?,24+/m1/s1. The van der Waals surface area contributed by atoms with Gasteiger partial charge in [-0.05, 0) is 12.5 Å². The molecule has 11 heteroatoms. The summed E-state index contributed by atoms with van der Waals surface area (Å²) in [6, 6.07) is 18.4. The fourth-order valence-electron chi connectivity index (χ4n) is 4.07. The van der Waals surface area contributed by atoms with Crippen molar-refractivity contribution in [2.75, 3.05) is 13.2 Å². The van der Waals surface area contributed by atoms with Crippen molar-refractivity contribution in [1.82, 2.24) is 5.32 Å². The summed E-state index contributed by atoms with van der Waals surface area (Å²) in [4.78, 5) is 12.7. The van der Waals surface area contributed by atoms with Crippen LogP contribution in [0.4, 0.5) is 4.79 Å². The first-order valence-corrected chi connectivity index (χ1v) is 12.9. The number of hydrogen-bond donors (Lipinski definition) is 1. The Morgan fingerprint density at radius 3 is 2.46 bits per heavy atom. The summed E-state index contributed by atoms with van der Waals surface area (Å²) < 4.78 is 34.0. The number of ether oxygens (including phenoxy) is 6. The number of allylic oxidation sites excluding steroid dienone is 1. The van der Waals surface area contributed by atoms with Crippen LogP contribution in [0.5, 0.6) is 0 Å². The summed E-state index contributed by atoms with van der Waals surface area (Å²) in [6.07, 6.45) is -1.06. The zero-order valence-corrected chi connectivity index (χ0v) is 22.3. The Hall–Kier alpha value is -2.04. The second-order valence-electron chi connectivity index (χ2n) is 8.45. The van der Waals surface area contributed by atoms with Crippen molar-refractivity contribution >= 4 is 40.9 Å². The van der Waals surface area contributed by atoms with E-state index in [1.54, 1.807) is 13.0 Å². The van der Waals surface area contributed by atoms with Gasteiger partial charge in [0.25, 0.3) is 0 Å². The number of rotatable bonds is 8. The number of fused-ring (bicyclic) bond motifs is 1. The molecule has 0 aromatic heterocycles. The molecule has 0 bridgehead atoms. The van der Waals surface area contributed by atoms with Crippen LogP contribution < -0.4 is 5.32 Å². The Morgan fingerprint density at radius 1 is 1.08 bits per heavy atom. The number of carbonyl (C=O) groups excluding carboxylic acids is 1. The second-order valence-corrected chi connectivity index (χ2v) is 11.0. The van der Waals surface area contributed by atoms with Crippen LogP contribution in [0.1, 0.15) is 24.3 Å². The van der Waals surface area contributed by atoms with Gasteiger partial charge in [-0.15, -0.1) is 0 Å². The van der Waals surface area contributed by atoms with Crippen molar-refractivity contribution in [1.29, 1.82) is 0 Å². The van der Waals surface area contributed by atoms with Crippen molar-refractivity contribution in [3.8, 4) is 0 Å². The summed E-state index contributed by atoms with van der Waals surface area (Å²) in [5, 5.41) is 2.76. The lowest BCUT2D eigenvalue weighted by Gasteiger charge is -2.48. The van der Waals surface area contributed by atoms with Gasteiger partial charge in [0.2, 0.25) is 10.1 Å². The lowest BCUT2D eigenvalue weighted by Crippen LogP contribution is -2.67. The molecular formula is C26H28Cl3NO7. The third-order valence-electron chi connectivity index (χ3n) is 5.70. The molecule has 2 aromatic rings. The zero-order valence-electron chi connectivity index (χ0n) is 20.0. The van der Waals surface area contributed by atoms with E-state index in [0.29, 0.717) is 0 Å². The SMILES string of the molecule is C/C=C\O[C@H]1OC2COC(c3ccccc3)O[C@H]2C(OCc2ccccc2)C1NC(=O)OCC(Cl)(Cl)Cl. The number of benzene rings is 2. The Balaban J connectivity index is 1.59. The van der Waals surface area contributed by atoms with Gasteiger partial charge in [0.15, 0.2) is 6.29 Å². The minimum Gasteiger partial charge on any atom is -0.471 e. The van der Waals surface area contributed by atoms with Crippen molar-refractivity contribution < 1.29 is 33.2 Å². The number of hydrogen-bond acceptors (Lipinski definition) is 7. The van der Waals surface area contributed by atoms with E-state index in [0.717, 1.165) is 11.1 Å². The van der Waals surface area contributed by atoms with Crippen LogP contribution in [0.2, 0.25) is 0 Å². The topological polar surface area (TPSA) is 84.5 Å². The monoisotopic (exact) mass is 571 g/mol. The molecule has 0 spiro atoms. The fraction of sp³-hybridized carbons (Fsp3) is 0.423. The van der Waals surface area contributed by atoms with Gasteiger partial charge in [-0.3, -0.25) is 0 Å². The second kappa shape index (κ2) is 13.2. The van der Waals surface area contributed by atoms with Gasteiger partial charge in [-0.1, -0.05) is 102 Å². The predicted molar refractivity (Wildman–Crippen MR) is 138 cm³/mol. The molecule has 6 atom stereocenters. The van der Waals surface area contributed by atoms with E-state index in [1.807, 2.05) is 60.7 Å². The van der Waals surface area contributed by atoms with Gasteiger partial charge in [0.1, 0.15) is 31.0 Å². The molecule has 2 fully saturated rings. The molecule has 1 amide bonds. The lowest BCUT2D eigenvalue weighted by molar-refractivity contribution is -0.343. The van der Waals surface area contributed by atoms with E-state index in [1.165, 1.54) is 6.26 Å². The average molecular weight is 573 g/mol. The number of nitrogens with one attached hydrogen (secondary N) is 1. The number of halogens is 3. The van der Waals surface area contributed by atoms with E-state index < -0.39 is 53.4 Å². The van der Waals surface area contributed by atoms with Crippen LogP contribution in [0.3, 0.4) is 0 Å². The van der Waals surface area contributed by atoms with Crippen LogP contribution >= 0.6 is 34.8 Å². The smallest absolute Gasteiger partial charge is 0.407 e. The van der Waals surface area contributed by atoms with Crippen LogP contribution in [0.15, 0.2) is 73.0 Å². The van der Waals surface area contributed by atoms with Crippen LogP contribution in [-0.4, -0.2) is 53.7 Å². The Bertz CT molecular complexity index is 1020. The molecule has 2 aliphatic heterocycles. The highest BCUT2D eigenvalue weighted by molar-refractivity contribution is 6.67. The Kier molecular flexibility index (Phi) is 9.95. The van der Waals surface area contributed by atoms with E-state index in [4.69, 9.17) is 63.2 Å². The maximum atomic E-state index is 12.7. The summed E-state index contributed by atoms with van der Waals surface area (Å²) >= 11 is 17.2.